The van der Waals surface area contributed by atoms with Crippen molar-refractivity contribution in [1.82, 2.24) is 9.80 Å². The van der Waals surface area contributed by atoms with Crippen molar-refractivity contribution in [2.24, 2.45) is 9.98 Å². The van der Waals surface area contributed by atoms with E-state index in [9.17, 15) is 10.2 Å². The topological polar surface area (TPSA) is 132 Å². The summed E-state index contributed by atoms with van der Waals surface area (Å²) >= 11 is 0. The quantitative estimate of drug-likeness (QED) is 0.182. The van der Waals surface area contributed by atoms with Crippen LogP contribution in [0.5, 0.6) is 11.5 Å². The van der Waals surface area contributed by atoms with Crippen LogP contribution in [-0.2, 0) is 39.6 Å². The van der Waals surface area contributed by atoms with E-state index in [0.29, 0.717) is 18.0 Å². The Bertz CT molecular complexity index is 1640. The van der Waals surface area contributed by atoms with Crippen LogP contribution in [0.4, 0.5) is 4.79 Å². The average Bonchev–Trinajstić information content (AvgIpc) is 3.57. The molecule has 0 amide bonds. The molecule has 2 atom stereocenters. The summed E-state index contributed by atoms with van der Waals surface area (Å²) in [5.74, 6) is 1.91. The molecule has 51 heavy (non-hydrogen) atoms. The van der Waals surface area contributed by atoms with Gasteiger partial charge in [-0.05, 0) is 58.4 Å². The first-order valence-electron chi connectivity index (χ1n) is 18.0. The summed E-state index contributed by atoms with van der Waals surface area (Å²) < 4.78 is 2.33. The number of phenols is 2. The molecule has 2 fully saturated rings. The second-order valence-corrected chi connectivity index (χ2v) is 17.2. The van der Waals surface area contributed by atoms with E-state index < -0.39 is 6.16 Å². The minimum Gasteiger partial charge on any atom is -0.507 e. The van der Waals surface area contributed by atoms with Crippen molar-refractivity contribution in [2.45, 2.75) is 123 Å². The molecule has 11 heteroatoms. The molecule has 0 spiro atoms. The molecule has 4 N–H and O–H groups in total. The molecule has 10 nitrogen and oxygen atoms in total. The van der Waals surface area contributed by atoms with Gasteiger partial charge in [-0.3, -0.25) is 24.4 Å². The van der Waals surface area contributed by atoms with Crippen molar-refractivity contribution < 1.29 is 46.6 Å². The van der Waals surface area contributed by atoms with Crippen LogP contribution in [0.15, 0.2) is 34.3 Å². The summed E-state index contributed by atoms with van der Waals surface area (Å²) in [5.41, 5.74) is 5.55. The van der Waals surface area contributed by atoms with E-state index in [1.54, 1.807) is 0 Å². The first-order valence-corrected chi connectivity index (χ1v) is 18.0. The molecular weight excluding hydrogens is 689 g/mol. The molecule has 2 unspecified atom stereocenters. The van der Waals surface area contributed by atoms with Crippen LogP contribution in [0.2, 0.25) is 0 Å². The van der Waals surface area contributed by atoms with Gasteiger partial charge in [0.25, 0.3) is 0 Å². The van der Waals surface area contributed by atoms with Gasteiger partial charge in [0.15, 0.2) is 0 Å². The number of likely N-dealkylation sites (N-methyl/N-ethyl adjacent to an activating group) is 1. The number of phenolic OH excluding ortho intramolecular Hbond substituents is 2. The Morgan fingerprint density at radius 2 is 1.27 bits per heavy atom. The number of carbonyl (C=O) groups is 1. The van der Waals surface area contributed by atoms with Gasteiger partial charge < -0.3 is 20.4 Å². The number of aliphatic imine (C=N–C) groups is 2. The predicted molar refractivity (Wildman–Crippen MR) is 202 cm³/mol. The third-order valence-electron chi connectivity index (χ3n) is 10.0. The molecular formula is C40H60CoN5O5+. The minimum absolute atomic E-state index is 0. The van der Waals surface area contributed by atoms with E-state index in [0.717, 1.165) is 74.1 Å². The van der Waals surface area contributed by atoms with Crippen LogP contribution < -0.4 is 0 Å². The minimum atomic E-state index is -1.83. The standard InChI is InChI=1S/C39H57N5O2.CH2O3.Co/c1-37(2,3)29-19-26(34(45)28(21-29)25-44-18-17-43-16-15-42(10)36(43)44)23-40-32-13-11-12-14-33(32)41-24-27-20-30(38(4,5)6)22-31(35(27)46)39(7,8)9;2-1(3)4;/h19-24,32-33H,11-18,25H2,1-10H3,(H-,40,41,45,46);(H2,2,3,4);/p+1. The summed E-state index contributed by atoms with van der Waals surface area (Å²) in [6.07, 6.45) is 6.09. The normalized spacial score (nSPS) is 19.7. The molecule has 2 heterocycles. The van der Waals surface area contributed by atoms with Gasteiger partial charge in [-0.15, -0.1) is 0 Å². The van der Waals surface area contributed by atoms with E-state index in [-0.39, 0.29) is 45.1 Å². The number of rotatable bonds is 6. The van der Waals surface area contributed by atoms with E-state index in [1.807, 2.05) is 12.4 Å². The van der Waals surface area contributed by atoms with Crippen molar-refractivity contribution in [3.8, 4) is 11.5 Å². The molecule has 1 radical (unpaired) electrons. The van der Waals surface area contributed by atoms with Crippen LogP contribution in [0.25, 0.3) is 0 Å². The van der Waals surface area contributed by atoms with E-state index >= 15 is 0 Å². The summed E-state index contributed by atoms with van der Waals surface area (Å²) in [6.45, 7) is 24.5. The average molecular weight is 750 g/mol. The van der Waals surface area contributed by atoms with E-state index in [4.69, 9.17) is 25.0 Å². The van der Waals surface area contributed by atoms with Gasteiger partial charge in [-0.1, -0.05) is 81.2 Å². The molecule has 0 aromatic heterocycles. The second kappa shape index (κ2) is 16.4. The Kier molecular flexibility index (Phi) is 13.5. The van der Waals surface area contributed by atoms with Gasteiger partial charge in [0, 0.05) is 51.5 Å². The maximum atomic E-state index is 11.6. The van der Waals surface area contributed by atoms with Gasteiger partial charge >= 0.3 is 12.1 Å². The molecule has 1 saturated heterocycles. The van der Waals surface area contributed by atoms with Crippen LogP contribution in [0.1, 0.15) is 121 Å². The maximum Gasteiger partial charge on any atom is 0.503 e. The van der Waals surface area contributed by atoms with Gasteiger partial charge in [0.1, 0.15) is 11.5 Å². The number of carboxylic acid groups (broad SMARTS) is 2. The molecule has 2 aromatic rings. The van der Waals surface area contributed by atoms with Crippen LogP contribution in [0.3, 0.4) is 0 Å². The van der Waals surface area contributed by atoms with Gasteiger partial charge in [-0.2, -0.15) is 0 Å². The molecule has 2 aliphatic heterocycles. The van der Waals surface area contributed by atoms with Gasteiger partial charge in [0.2, 0.25) is 0 Å². The number of hydrogen-bond donors (Lipinski definition) is 4. The molecule has 1 aliphatic carbocycles. The Balaban J connectivity index is 0.00000133. The smallest absolute Gasteiger partial charge is 0.503 e. The third kappa shape index (κ3) is 10.5. The SMILES string of the molecule is C[N+]1=C2N(CCN2Cc2cc(C(C)(C)C)cc(C=NC3CCCCC3N=Cc3cc(C(C)(C)C)cc(C(C)(C)C)c3O)c2O)CC1.O=C(O)O.[Co]. The zero-order valence-electron chi connectivity index (χ0n) is 32.2. The monoisotopic (exact) mass is 749 g/mol. The van der Waals surface area contributed by atoms with Gasteiger partial charge in [0.05, 0.1) is 51.9 Å². The summed E-state index contributed by atoms with van der Waals surface area (Å²) in [4.78, 5) is 23.6. The molecule has 1 saturated carbocycles. The van der Waals surface area contributed by atoms with Crippen molar-refractivity contribution in [2.75, 3.05) is 33.2 Å². The third-order valence-corrected chi connectivity index (χ3v) is 10.0. The van der Waals surface area contributed by atoms with Crippen LogP contribution in [0, 0.1) is 0 Å². The molecule has 283 valence electrons. The second-order valence-electron chi connectivity index (χ2n) is 17.2. The fourth-order valence-corrected chi connectivity index (χ4v) is 6.98. The Morgan fingerprint density at radius 1 is 0.784 bits per heavy atom. The fourth-order valence-electron chi connectivity index (χ4n) is 6.98. The van der Waals surface area contributed by atoms with E-state index in [2.05, 4.69) is 108 Å². The van der Waals surface area contributed by atoms with Gasteiger partial charge in [-0.25, -0.2) is 4.79 Å². The largest absolute Gasteiger partial charge is 0.507 e. The van der Waals surface area contributed by atoms with Crippen LogP contribution in [-0.4, -0.2) is 105 Å². The van der Waals surface area contributed by atoms with Crippen molar-refractivity contribution in [1.29, 1.82) is 0 Å². The zero-order valence-corrected chi connectivity index (χ0v) is 33.3. The summed E-state index contributed by atoms with van der Waals surface area (Å²) in [7, 11) is 2.16. The molecule has 0 bridgehead atoms. The number of benzene rings is 2. The predicted octanol–water partition coefficient (Wildman–Crippen LogP) is 7.19. The summed E-state index contributed by atoms with van der Waals surface area (Å²) in [6, 6.07) is 8.58. The Labute approximate surface area is 315 Å². The number of hydrogen-bond acceptors (Lipinski definition) is 7. The zero-order chi connectivity index (χ0) is 37.2. The first-order chi connectivity index (χ1) is 23.2. The Morgan fingerprint density at radius 3 is 1.76 bits per heavy atom. The van der Waals surface area contributed by atoms with Crippen molar-refractivity contribution >= 4 is 24.5 Å². The molecule has 2 aromatic carbocycles. The molecule has 3 aliphatic rings. The first kappa shape index (κ1) is 41.8. The fraction of sp³-hybridized carbons (Fsp3) is 0.600. The van der Waals surface area contributed by atoms with Crippen molar-refractivity contribution in [3.05, 3.63) is 57.6 Å². The maximum absolute atomic E-state index is 11.6. The number of guanidine groups is 1. The summed E-state index contributed by atoms with van der Waals surface area (Å²) in [5, 5.41) is 36.9. The Hall–Kier alpha value is -3.57. The number of aromatic hydroxyl groups is 2. The van der Waals surface area contributed by atoms with Crippen molar-refractivity contribution in [3.63, 3.8) is 0 Å². The number of nitrogens with zero attached hydrogens (tertiary/aromatic N) is 5. The van der Waals surface area contributed by atoms with Crippen LogP contribution >= 0.6 is 0 Å². The van der Waals surface area contributed by atoms with E-state index in [1.165, 1.54) is 17.1 Å². The molecule has 5 rings (SSSR count). The number of fused-ring (bicyclic) bond motifs is 1.